The van der Waals surface area contributed by atoms with Crippen molar-refractivity contribution < 1.29 is 4.79 Å². The van der Waals surface area contributed by atoms with Crippen LogP contribution >= 0.6 is 0 Å². The molecule has 11 nitrogen and oxygen atoms in total. The van der Waals surface area contributed by atoms with E-state index in [1.165, 1.54) is 0 Å². The second-order valence-electron chi connectivity index (χ2n) is 9.24. The van der Waals surface area contributed by atoms with Crippen LogP contribution in [0, 0.1) is 11.8 Å². The summed E-state index contributed by atoms with van der Waals surface area (Å²) in [5.41, 5.74) is 8.06. The second-order valence-corrected chi connectivity index (χ2v) is 9.24. The van der Waals surface area contributed by atoms with Gasteiger partial charge >= 0.3 is 0 Å². The van der Waals surface area contributed by atoms with Crippen molar-refractivity contribution in [2.24, 2.45) is 7.05 Å². The van der Waals surface area contributed by atoms with E-state index in [1.807, 2.05) is 38.4 Å². The molecule has 0 spiro atoms. The third-order valence-corrected chi connectivity index (χ3v) is 6.45. The molecule has 37 heavy (non-hydrogen) atoms. The summed E-state index contributed by atoms with van der Waals surface area (Å²) in [5, 5.41) is 14.9. The molecule has 0 radical (unpaired) electrons. The molecule has 11 heteroatoms. The molecule has 1 aliphatic carbocycles. The number of hydrogen-bond donors (Lipinski definition) is 3. The number of benzene rings is 1. The molecule has 1 amide bonds. The van der Waals surface area contributed by atoms with Gasteiger partial charge in [-0.3, -0.25) is 18.8 Å². The molecule has 186 valence electrons. The Morgan fingerprint density at radius 1 is 1.30 bits per heavy atom. The number of nitrogens with two attached hydrogens (primary N) is 1. The highest BCUT2D eigenvalue weighted by Crippen LogP contribution is 2.36. The highest BCUT2D eigenvalue weighted by molar-refractivity contribution is 6.04. The zero-order valence-corrected chi connectivity index (χ0v) is 20.4. The number of amides is 1. The average Bonchev–Trinajstić information content (AvgIpc) is 3.53. The molecule has 1 fully saturated rings. The third kappa shape index (κ3) is 4.02. The van der Waals surface area contributed by atoms with E-state index >= 15 is 0 Å². The van der Waals surface area contributed by atoms with Crippen molar-refractivity contribution in [2.45, 2.75) is 31.8 Å². The lowest BCUT2D eigenvalue weighted by molar-refractivity contribution is 0.0939. The van der Waals surface area contributed by atoms with E-state index in [9.17, 15) is 9.59 Å². The van der Waals surface area contributed by atoms with Gasteiger partial charge in [0, 0.05) is 37.6 Å². The SMILES string of the molecule is CC(NC(=O)c1c(N)nn2c1NCC=C2)c1nc2cccc(C#Cc3cnn(C)c3)c2c(=O)n1C1CC1. The van der Waals surface area contributed by atoms with Crippen LogP contribution in [0.25, 0.3) is 17.1 Å². The zero-order valence-electron chi connectivity index (χ0n) is 20.4. The van der Waals surface area contributed by atoms with Gasteiger partial charge < -0.3 is 16.4 Å². The van der Waals surface area contributed by atoms with Gasteiger partial charge in [-0.2, -0.15) is 5.10 Å². The van der Waals surface area contributed by atoms with Crippen molar-refractivity contribution in [2.75, 3.05) is 17.6 Å². The molecule has 4 aromatic rings. The Morgan fingerprint density at radius 3 is 2.89 bits per heavy atom. The highest BCUT2D eigenvalue weighted by Gasteiger charge is 2.32. The maximum Gasteiger partial charge on any atom is 0.262 e. The number of rotatable bonds is 4. The number of carbonyl (C=O) groups excluding carboxylic acids is 1. The fourth-order valence-electron chi connectivity index (χ4n) is 4.57. The summed E-state index contributed by atoms with van der Waals surface area (Å²) in [4.78, 5) is 31.9. The predicted octanol–water partition coefficient (Wildman–Crippen LogP) is 2.03. The molecule has 6 rings (SSSR count). The van der Waals surface area contributed by atoms with Crippen LogP contribution in [-0.2, 0) is 7.05 Å². The first-order valence-electron chi connectivity index (χ1n) is 12.1. The fourth-order valence-corrected chi connectivity index (χ4v) is 4.57. The van der Waals surface area contributed by atoms with E-state index in [4.69, 9.17) is 10.7 Å². The van der Waals surface area contributed by atoms with E-state index in [1.54, 1.807) is 32.4 Å². The quantitative estimate of drug-likeness (QED) is 0.368. The topological polar surface area (TPSA) is 138 Å². The fraction of sp³-hybridized carbons (Fsp3) is 0.269. The average molecular weight is 496 g/mol. The normalized spacial score (nSPS) is 15.0. The van der Waals surface area contributed by atoms with E-state index < -0.39 is 6.04 Å². The minimum atomic E-state index is -0.551. The van der Waals surface area contributed by atoms with Crippen LogP contribution in [0.2, 0.25) is 0 Å². The van der Waals surface area contributed by atoms with Gasteiger partial charge in [0.2, 0.25) is 0 Å². The van der Waals surface area contributed by atoms with Gasteiger partial charge in [-0.05, 0) is 38.0 Å². The first-order chi connectivity index (χ1) is 17.9. The van der Waals surface area contributed by atoms with Gasteiger partial charge in [-0.1, -0.05) is 17.9 Å². The number of hydrogen-bond acceptors (Lipinski definition) is 7. The Balaban J connectivity index is 1.39. The Morgan fingerprint density at radius 2 is 2.14 bits per heavy atom. The Bertz CT molecular complexity index is 1710. The van der Waals surface area contributed by atoms with E-state index in [0.29, 0.717) is 34.7 Å². The first kappa shape index (κ1) is 22.6. The minimum absolute atomic E-state index is 0.0406. The summed E-state index contributed by atoms with van der Waals surface area (Å²) >= 11 is 0. The summed E-state index contributed by atoms with van der Waals surface area (Å²) in [5.74, 6) is 6.97. The lowest BCUT2D eigenvalue weighted by atomic mass is 10.1. The lowest BCUT2D eigenvalue weighted by Gasteiger charge is -2.20. The maximum atomic E-state index is 13.8. The molecule has 1 aromatic carbocycles. The largest absolute Gasteiger partial charge is 0.381 e. The second kappa shape index (κ2) is 8.67. The molecule has 1 saturated carbocycles. The molecule has 1 unspecified atom stereocenters. The molecule has 0 bridgehead atoms. The van der Waals surface area contributed by atoms with Gasteiger partial charge in [-0.15, -0.1) is 5.10 Å². The number of aryl methyl sites for hydroxylation is 1. The summed E-state index contributed by atoms with van der Waals surface area (Å²) in [7, 11) is 1.83. The van der Waals surface area contributed by atoms with Crippen molar-refractivity contribution in [3.8, 4) is 11.8 Å². The number of nitrogens with zero attached hydrogens (tertiary/aromatic N) is 6. The lowest BCUT2D eigenvalue weighted by Crippen LogP contribution is -2.34. The van der Waals surface area contributed by atoms with Gasteiger partial charge in [-0.25, -0.2) is 9.67 Å². The smallest absolute Gasteiger partial charge is 0.262 e. The number of anilines is 2. The van der Waals surface area contributed by atoms with E-state index in [-0.39, 0.29) is 28.9 Å². The van der Waals surface area contributed by atoms with Crippen molar-refractivity contribution in [1.29, 1.82) is 0 Å². The van der Waals surface area contributed by atoms with Crippen molar-refractivity contribution >= 4 is 34.6 Å². The number of aromatic nitrogens is 6. The van der Waals surface area contributed by atoms with Crippen LogP contribution in [0.4, 0.5) is 11.6 Å². The standard InChI is InChI=1S/C26H25N9O2/c1-15(30-25(36)21-22(27)32-34-12-4-11-28-24(21)34)23-31-19-6-3-5-17(8-7-16-13-29-33(2)14-16)20(19)26(37)35(23)18-9-10-18/h3-6,12-15,18,28H,9-11H2,1-2H3,(H2,27,32)(H,30,36). The van der Waals surface area contributed by atoms with E-state index in [0.717, 1.165) is 18.4 Å². The summed E-state index contributed by atoms with van der Waals surface area (Å²) in [6.07, 6.45) is 8.89. The highest BCUT2D eigenvalue weighted by atomic mass is 16.2. The van der Waals surface area contributed by atoms with Crippen molar-refractivity contribution in [1.82, 2.24) is 34.4 Å². The van der Waals surface area contributed by atoms with Crippen LogP contribution in [0.5, 0.6) is 0 Å². The molecule has 1 aliphatic heterocycles. The first-order valence-corrected chi connectivity index (χ1v) is 12.1. The zero-order chi connectivity index (χ0) is 25.7. The molecular weight excluding hydrogens is 470 g/mol. The van der Waals surface area contributed by atoms with Crippen molar-refractivity contribution in [3.05, 3.63) is 69.5 Å². The van der Waals surface area contributed by atoms with Crippen LogP contribution in [0.1, 0.15) is 59.2 Å². The Labute approximate surface area is 212 Å². The molecular formula is C26H25N9O2. The molecule has 0 saturated heterocycles. The van der Waals surface area contributed by atoms with Crippen LogP contribution < -0.4 is 21.9 Å². The molecule has 3 aromatic heterocycles. The van der Waals surface area contributed by atoms with Crippen LogP contribution in [-0.4, -0.2) is 41.6 Å². The third-order valence-electron chi connectivity index (χ3n) is 6.45. The Kier molecular flexibility index (Phi) is 5.30. The Hall–Kier alpha value is -4.85. The monoisotopic (exact) mass is 495 g/mol. The molecule has 1 atom stereocenters. The molecule has 2 aliphatic rings. The summed E-state index contributed by atoms with van der Waals surface area (Å²) < 4.78 is 4.93. The minimum Gasteiger partial charge on any atom is -0.381 e. The summed E-state index contributed by atoms with van der Waals surface area (Å²) in [6.45, 7) is 2.39. The predicted molar refractivity (Wildman–Crippen MR) is 140 cm³/mol. The number of nitrogens with one attached hydrogen (secondary N) is 2. The number of fused-ring (bicyclic) bond motifs is 2. The number of carbonyl (C=O) groups is 1. The van der Waals surface area contributed by atoms with Crippen molar-refractivity contribution in [3.63, 3.8) is 0 Å². The van der Waals surface area contributed by atoms with Crippen LogP contribution in [0.15, 0.2) is 41.5 Å². The number of nitrogen functional groups attached to an aromatic ring is 1. The van der Waals surface area contributed by atoms with Gasteiger partial charge in [0.1, 0.15) is 17.2 Å². The molecule has 4 N–H and O–H groups in total. The van der Waals surface area contributed by atoms with Gasteiger partial charge in [0.15, 0.2) is 5.82 Å². The van der Waals surface area contributed by atoms with E-state index in [2.05, 4.69) is 32.7 Å². The van der Waals surface area contributed by atoms with Crippen LogP contribution in [0.3, 0.4) is 0 Å². The maximum absolute atomic E-state index is 13.8. The van der Waals surface area contributed by atoms with Gasteiger partial charge in [0.25, 0.3) is 11.5 Å². The van der Waals surface area contributed by atoms with Gasteiger partial charge in [0.05, 0.1) is 28.7 Å². The molecule has 4 heterocycles. The summed E-state index contributed by atoms with van der Waals surface area (Å²) in [6, 6.07) is 4.94.